The van der Waals surface area contributed by atoms with Crippen molar-refractivity contribution in [3.63, 3.8) is 0 Å². The Kier molecular flexibility index (Phi) is 5.50. The lowest BCUT2D eigenvalue weighted by Crippen LogP contribution is -2.23. The van der Waals surface area contributed by atoms with Crippen molar-refractivity contribution >= 4 is 11.6 Å². The van der Waals surface area contributed by atoms with Gasteiger partial charge in [-0.2, -0.15) is 0 Å². The first-order chi connectivity index (χ1) is 12.2. The van der Waals surface area contributed by atoms with Crippen LogP contribution in [0.1, 0.15) is 6.42 Å². The maximum absolute atomic E-state index is 13.3. The number of aliphatic imine (C=N–C) groups is 1. The number of benzene rings is 1. The summed E-state index contributed by atoms with van der Waals surface area (Å²) in [6.07, 6.45) is 2.31. The lowest BCUT2D eigenvalue weighted by Gasteiger charge is -2.11. The molecule has 1 aliphatic heterocycles. The number of rotatable bonds is 5. The quantitative estimate of drug-likeness (QED) is 0.490. The molecule has 0 fully saturated rings. The monoisotopic (exact) mass is 346 g/mol. The molecular formula is C17H19FN4O3. The lowest BCUT2D eigenvalue weighted by atomic mass is 10.3. The molecule has 132 valence electrons. The Morgan fingerprint density at radius 3 is 2.96 bits per heavy atom. The molecule has 1 aromatic heterocycles. The summed E-state index contributed by atoms with van der Waals surface area (Å²) in [7, 11) is 0. The van der Waals surface area contributed by atoms with Gasteiger partial charge in [0.15, 0.2) is 23.3 Å². The van der Waals surface area contributed by atoms with Gasteiger partial charge in [-0.05, 0) is 24.3 Å². The van der Waals surface area contributed by atoms with Gasteiger partial charge in [-0.3, -0.25) is 0 Å². The SMILES string of the molecule is NC(=NCCOc1ncccc1F)Nc1ccc2c(c1)OCCCO2. The van der Waals surface area contributed by atoms with Crippen LogP contribution >= 0.6 is 0 Å². The normalized spacial score (nSPS) is 13.9. The van der Waals surface area contributed by atoms with Gasteiger partial charge in [-0.15, -0.1) is 0 Å². The molecule has 25 heavy (non-hydrogen) atoms. The number of ether oxygens (including phenoxy) is 3. The van der Waals surface area contributed by atoms with Crippen LogP contribution in [0, 0.1) is 5.82 Å². The predicted octanol–water partition coefficient (Wildman–Crippen LogP) is 2.19. The highest BCUT2D eigenvalue weighted by Crippen LogP contribution is 2.32. The molecule has 8 heteroatoms. The zero-order chi connectivity index (χ0) is 17.5. The molecule has 0 amide bonds. The van der Waals surface area contributed by atoms with Gasteiger partial charge >= 0.3 is 0 Å². The summed E-state index contributed by atoms with van der Waals surface area (Å²) < 4.78 is 29.8. The van der Waals surface area contributed by atoms with Gasteiger partial charge < -0.3 is 25.3 Å². The second-order valence-corrected chi connectivity index (χ2v) is 5.24. The summed E-state index contributed by atoms with van der Waals surface area (Å²) in [4.78, 5) is 7.92. The van der Waals surface area contributed by atoms with Crippen molar-refractivity contribution in [3.8, 4) is 17.4 Å². The molecule has 0 atom stereocenters. The lowest BCUT2D eigenvalue weighted by molar-refractivity contribution is 0.297. The summed E-state index contributed by atoms with van der Waals surface area (Å²) in [5.74, 6) is 1.05. The van der Waals surface area contributed by atoms with Crippen LogP contribution in [0.5, 0.6) is 17.4 Å². The fourth-order valence-electron chi connectivity index (χ4n) is 2.21. The second-order valence-electron chi connectivity index (χ2n) is 5.24. The third kappa shape index (κ3) is 4.72. The van der Waals surface area contributed by atoms with Crippen molar-refractivity contribution in [2.45, 2.75) is 6.42 Å². The van der Waals surface area contributed by atoms with E-state index in [4.69, 9.17) is 19.9 Å². The van der Waals surface area contributed by atoms with E-state index in [2.05, 4.69) is 15.3 Å². The van der Waals surface area contributed by atoms with E-state index in [9.17, 15) is 4.39 Å². The van der Waals surface area contributed by atoms with E-state index in [1.807, 2.05) is 18.2 Å². The minimum atomic E-state index is -0.509. The Balaban J connectivity index is 1.51. The largest absolute Gasteiger partial charge is 0.490 e. The first kappa shape index (κ1) is 16.8. The summed E-state index contributed by atoms with van der Waals surface area (Å²) in [6.45, 7) is 1.68. The number of nitrogens with zero attached hydrogens (tertiary/aromatic N) is 2. The molecular weight excluding hydrogens is 327 g/mol. The molecule has 0 bridgehead atoms. The van der Waals surface area contributed by atoms with Crippen molar-refractivity contribution in [2.24, 2.45) is 10.7 Å². The third-order valence-electron chi connectivity index (χ3n) is 3.36. The minimum absolute atomic E-state index is 0.0490. The Labute approximate surface area is 144 Å². The van der Waals surface area contributed by atoms with E-state index in [0.717, 1.165) is 12.1 Å². The molecule has 2 heterocycles. The molecule has 0 saturated carbocycles. The molecule has 3 rings (SSSR count). The average Bonchev–Trinajstić information content (AvgIpc) is 2.85. The minimum Gasteiger partial charge on any atom is -0.490 e. The van der Waals surface area contributed by atoms with Crippen molar-refractivity contribution in [1.29, 1.82) is 0 Å². The molecule has 2 aromatic rings. The molecule has 0 aliphatic carbocycles. The number of guanidine groups is 1. The van der Waals surface area contributed by atoms with Crippen molar-refractivity contribution in [1.82, 2.24) is 4.98 Å². The Hall–Kier alpha value is -3.03. The van der Waals surface area contributed by atoms with Crippen LogP contribution in [0.25, 0.3) is 0 Å². The summed E-state index contributed by atoms with van der Waals surface area (Å²) >= 11 is 0. The summed E-state index contributed by atoms with van der Waals surface area (Å²) in [5.41, 5.74) is 6.58. The van der Waals surface area contributed by atoms with Gasteiger partial charge in [0, 0.05) is 24.4 Å². The molecule has 0 radical (unpaired) electrons. The van der Waals surface area contributed by atoms with Crippen molar-refractivity contribution in [2.75, 3.05) is 31.7 Å². The number of hydrogen-bond acceptors (Lipinski definition) is 5. The van der Waals surface area contributed by atoms with Crippen LogP contribution in [0.15, 0.2) is 41.5 Å². The maximum Gasteiger partial charge on any atom is 0.250 e. The zero-order valence-electron chi connectivity index (χ0n) is 13.6. The first-order valence-corrected chi connectivity index (χ1v) is 7.92. The number of nitrogens with two attached hydrogens (primary N) is 1. The first-order valence-electron chi connectivity index (χ1n) is 7.92. The third-order valence-corrected chi connectivity index (χ3v) is 3.36. The fraction of sp³-hybridized carbons (Fsp3) is 0.294. The van der Waals surface area contributed by atoms with E-state index < -0.39 is 5.82 Å². The summed E-state index contributed by atoms with van der Waals surface area (Å²) in [6, 6.07) is 8.24. The molecule has 1 aliphatic rings. The van der Waals surface area contributed by atoms with E-state index in [1.165, 1.54) is 18.3 Å². The average molecular weight is 346 g/mol. The number of hydrogen-bond donors (Lipinski definition) is 2. The smallest absolute Gasteiger partial charge is 0.250 e. The standard InChI is InChI=1S/C17H19FN4O3/c18-13-3-1-6-20-16(13)25-10-7-21-17(19)22-12-4-5-14-15(11-12)24-9-2-8-23-14/h1,3-6,11H,2,7-10H2,(H3,19,21,22). The van der Waals surface area contributed by atoms with Crippen LogP contribution in [0.2, 0.25) is 0 Å². The molecule has 3 N–H and O–H groups in total. The maximum atomic E-state index is 13.3. The number of nitrogens with one attached hydrogen (secondary N) is 1. The number of fused-ring (bicyclic) bond motifs is 1. The van der Waals surface area contributed by atoms with Gasteiger partial charge in [0.1, 0.15) is 6.61 Å². The van der Waals surface area contributed by atoms with Gasteiger partial charge in [0.25, 0.3) is 0 Å². The highest BCUT2D eigenvalue weighted by atomic mass is 19.1. The van der Waals surface area contributed by atoms with Gasteiger partial charge in [0.2, 0.25) is 5.88 Å². The van der Waals surface area contributed by atoms with E-state index in [1.54, 1.807) is 0 Å². The molecule has 0 unspecified atom stereocenters. The van der Waals surface area contributed by atoms with Crippen molar-refractivity contribution in [3.05, 3.63) is 42.3 Å². The van der Waals surface area contributed by atoms with E-state index in [-0.39, 0.29) is 25.0 Å². The Morgan fingerprint density at radius 2 is 2.12 bits per heavy atom. The fourth-order valence-corrected chi connectivity index (χ4v) is 2.21. The zero-order valence-corrected chi connectivity index (χ0v) is 13.6. The van der Waals surface area contributed by atoms with Crippen LogP contribution in [-0.2, 0) is 0 Å². The van der Waals surface area contributed by atoms with Crippen LogP contribution in [0.4, 0.5) is 10.1 Å². The van der Waals surface area contributed by atoms with Crippen molar-refractivity contribution < 1.29 is 18.6 Å². The Morgan fingerprint density at radius 1 is 1.28 bits per heavy atom. The Bertz CT molecular complexity index is 754. The van der Waals surface area contributed by atoms with Gasteiger partial charge in [-0.1, -0.05) is 0 Å². The van der Waals surface area contributed by atoms with Gasteiger partial charge in [0.05, 0.1) is 19.8 Å². The second kappa shape index (κ2) is 8.18. The topological polar surface area (TPSA) is 91.0 Å². The van der Waals surface area contributed by atoms with Gasteiger partial charge in [-0.25, -0.2) is 14.4 Å². The molecule has 1 aromatic carbocycles. The van der Waals surface area contributed by atoms with Crippen LogP contribution in [0.3, 0.4) is 0 Å². The molecule has 0 spiro atoms. The van der Waals surface area contributed by atoms with E-state index >= 15 is 0 Å². The number of aromatic nitrogens is 1. The number of pyridine rings is 1. The molecule has 7 nitrogen and oxygen atoms in total. The number of anilines is 1. The molecule has 0 saturated heterocycles. The van der Waals surface area contributed by atoms with Crippen LogP contribution in [-0.4, -0.2) is 37.3 Å². The van der Waals surface area contributed by atoms with E-state index in [0.29, 0.717) is 24.7 Å². The predicted molar refractivity (Wildman–Crippen MR) is 91.9 cm³/mol. The number of halogens is 1. The summed E-state index contributed by atoms with van der Waals surface area (Å²) in [5, 5.41) is 2.97. The highest BCUT2D eigenvalue weighted by molar-refractivity contribution is 5.92. The highest BCUT2D eigenvalue weighted by Gasteiger charge is 2.10. The van der Waals surface area contributed by atoms with Crippen LogP contribution < -0.4 is 25.3 Å².